The Hall–Kier alpha value is -2.43. The number of nitrogens with one attached hydrogen (secondary N) is 1. The number of hydrogen-bond donors (Lipinski definition) is 1. The lowest BCUT2D eigenvalue weighted by molar-refractivity contribution is -0.132. The predicted molar refractivity (Wildman–Crippen MR) is 100.0 cm³/mol. The Kier molecular flexibility index (Phi) is 5.64. The fraction of sp³-hybridized carbons (Fsp3) is 0.450. The summed E-state index contributed by atoms with van der Waals surface area (Å²) in [6.45, 7) is 5.74. The highest BCUT2D eigenvalue weighted by molar-refractivity contribution is 5.76. The first-order valence-corrected chi connectivity index (χ1v) is 9.10. The van der Waals surface area contributed by atoms with Crippen LogP contribution in [-0.4, -0.2) is 33.9 Å². The molecule has 1 aliphatic heterocycles. The Morgan fingerprint density at radius 2 is 2.16 bits per heavy atom. The maximum Gasteiger partial charge on any atom is 0.227 e. The van der Waals surface area contributed by atoms with Gasteiger partial charge in [-0.3, -0.25) is 4.79 Å². The van der Waals surface area contributed by atoms with Crippen LogP contribution in [0.1, 0.15) is 49.8 Å². The molecule has 132 valence electrons. The number of likely N-dealkylation sites (tertiary alicyclic amines) is 1. The van der Waals surface area contributed by atoms with E-state index in [9.17, 15) is 4.79 Å². The molecule has 0 radical (unpaired) electrons. The molecule has 1 unspecified atom stereocenters. The lowest BCUT2D eigenvalue weighted by atomic mass is 9.94. The Morgan fingerprint density at radius 1 is 1.32 bits per heavy atom. The Balaban J connectivity index is 1.72. The van der Waals surface area contributed by atoms with Crippen molar-refractivity contribution in [1.82, 2.24) is 14.9 Å². The van der Waals surface area contributed by atoms with Crippen LogP contribution in [0.5, 0.6) is 0 Å². The maximum absolute atomic E-state index is 12.2. The zero-order valence-electron chi connectivity index (χ0n) is 15.0. The SMILES string of the molecule is CCCC(=O)N1CCCC(c2ccnc(Nc3ccccc3C)n2)C1. The number of para-hydroxylation sites is 1. The molecule has 2 aromatic rings. The van der Waals surface area contributed by atoms with Crippen molar-refractivity contribution in [2.75, 3.05) is 18.4 Å². The average Bonchev–Trinajstić information content (AvgIpc) is 2.64. The van der Waals surface area contributed by atoms with Crippen molar-refractivity contribution >= 4 is 17.5 Å². The van der Waals surface area contributed by atoms with Crippen molar-refractivity contribution in [3.8, 4) is 0 Å². The smallest absolute Gasteiger partial charge is 0.227 e. The largest absolute Gasteiger partial charge is 0.342 e. The van der Waals surface area contributed by atoms with E-state index in [1.54, 1.807) is 6.20 Å². The highest BCUT2D eigenvalue weighted by Crippen LogP contribution is 2.27. The van der Waals surface area contributed by atoms with Crippen LogP contribution in [0.4, 0.5) is 11.6 Å². The quantitative estimate of drug-likeness (QED) is 0.894. The summed E-state index contributed by atoms with van der Waals surface area (Å²) >= 11 is 0. The lowest BCUT2D eigenvalue weighted by Gasteiger charge is -2.32. The van der Waals surface area contributed by atoms with Crippen LogP contribution >= 0.6 is 0 Å². The predicted octanol–water partition coefficient (Wildman–Crippen LogP) is 4.03. The van der Waals surface area contributed by atoms with Crippen LogP contribution in [0.3, 0.4) is 0 Å². The van der Waals surface area contributed by atoms with E-state index in [4.69, 9.17) is 4.98 Å². The van der Waals surface area contributed by atoms with E-state index in [-0.39, 0.29) is 11.8 Å². The van der Waals surface area contributed by atoms with Crippen LogP contribution in [0.2, 0.25) is 0 Å². The van der Waals surface area contributed by atoms with E-state index in [1.165, 1.54) is 0 Å². The number of amides is 1. The third-order valence-corrected chi connectivity index (χ3v) is 4.72. The second-order valence-electron chi connectivity index (χ2n) is 6.67. The molecule has 3 rings (SSSR count). The molecule has 0 saturated carbocycles. The summed E-state index contributed by atoms with van der Waals surface area (Å²) in [6, 6.07) is 10.1. The van der Waals surface area contributed by atoms with Gasteiger partial charge in [0.2, 0.25) is 11.9 Å². The Labute approximate surface area is 149 Å². The van der Waals surface area contributed by atoms with E-state index in [1.807, 2.05) is 36.1 Å². The number of aromatic nitrogens is 2. The van der Waals surface area contributed by atoms with Gasteiger partial charge in [-0.25, -0.2) is 9.97 Å². The second kappa shape index (κ2) is 8.10. The van der Waals surface area contributed by atoms with E-state index in [0.29, 0.717) is 12.4 Å². The normalized spacial score (nSPS) is 17.4. The molecule has 1 aliphatic rings. The number of piperidine rings is 1. The first-order chi connectivity index (χ1) is 12.2. The third-order valence-electron chi connectivity index (χ3n) is 4.72. The number of nitrogens with zero attached hydrogens (tertiary/aromatic N) is 3. The van der Waals surface area contributed by atoms with Gasteiger partial charge in [0.1, 0.15) is 0 Å². The van der Waals surface area contributed by atoms with E-state index < -0.39 is 0 Å². The minimum atomic E-state index is 0.263. The van der Waals surface area contributed by atoms with Crippen molar-refractivity contribution in [2.24, 2.45) is 0 Å². The summed E-state index contributed by atoms with van der Waals surface area (Å²) in [6.07, 6.45) is 5.44. The van der Waals surface area contributed by atoms with Gasteiger partial charge in [-0.15, -0.1) is 0 Å². The van der Waals surface area contributed by atoms with Gasteiger partial charge in [-0.05, 0) is 43.9 Å². The number of carbonyl (C=O) groups is 1. The Morgan fingerprint density at radius 3 is 2.96 bits per heavy atom. The minimum absolute atomic E-state index is 0.263. The molecule has 5 heteroatoms. The highest BCUT2D eigenvalue weighted by atomic mass is 16.2. The van der Waals surface area contributed by atoms with Gasteiger partial charge in [0.15, 0.2) is 0 Å². The van der Waals surface area contributed by atoms with Crippen LogP contribution < -0.4 is 5.32 Å². The first-order valence-electron chi connectivity index (χ1n) is 9.10. The summed E-state index contributed by atoms with van der Waals surface area (Å²) in [7, 11) is 0. The first kappa shape index (κ1) is 17.4. The molecule has 2 heterocycles. The molecular formula is C20H26N4O. The number of hydrogen-bond acceptors (Lipinski definition) is 4. The zero-order valence-corrected chi connectivity index (χ0v) is 15.0. The highest BCUT2D eigenvalue weighted by Gasteiger charge is 2.25. The summed E-state index contributed by atoms with van der Waals surface area (Å²) in [5.74, 6) is 1.17. The van der Waals surface area contributed by atoms with Crippen molar-refractivity contribution in [1.29, 1.82) is 0 Å². The molecule has 5 nitrogen and oxygen atoms in total. The molecule has 0 aliphatic carbocycles. The van der Waals surface area contributed by atoms with Gasteiger partial charge in [0, 0.05) is 37.3 Å². The molecule has 1 aromatic heterocycles. The number of rotatable bonds is 5. The van der Waals surface area contributed by atoms with Gasteiger partial charge < -0.3 is 10.2 Å². The molecular weight excluding hydrogens is 312 g/mol. The molecule has 1 aromatic carbocycles. The maximum atomic E-state index is 12.2. The van der Waals surface area contributed by atoms with Crippen molar-refractivity contribution < 1.29 is 4.79 Å². The fourth-order valence-corrected chi connectivity index (χ4v) is 3.31. The molecule has 0 bridgehead atoms. The van der Waals surface area contributed by atoms with Crippen LogP contribution in [-0.2, 0) is 4.79 Å². The number of anilines is 2. The second-order valence-corrected chi connectivity index (χ2v) is 6.67. The molecule has 1 amide bonds. The molecule has 0 spiro atoms. The molecule has 25 heavy (non-hydrogen) atoms. The summed E-state index contributed by atoms with van der Waals surface area (Å²) in [4.78, 5) is 23.3. The standard InChI is InChI=1S/C20H26N4O/c1-3-7-19(25)24-13-6-9-16(14-24)18-11-12-21-20(23-18)22-17-10-5-4-8-15(17)2/h4-5,8,10-12,16H,3,6-7,9,13-14H2,1-2H3,(H,21,22,23). The number of benzene rings is 1. The summed E-state index contributed by atoms with van der Waals surface area (Å²) in [5.41, 5.74) is 3.19. The minimum Gasteiger partial charge on any atom is -0.342 e. The molecule has 1 fully saturated rings. The summed E-state index contributed by atoms with van der Waals surface area (Å²) in [5, 5.41) is 3.30. The van der Waals surface area contributed by atoms with Gasteiger partial charge in [0.05, 0.1) is 5.69 Å². The average molecular weight is 338 g/mol. The van der Waals surface area contributed by atoms with Crippen LogP contribution in [0.25, 0.3) is 0 Å². The van der Waals surface area contributed by atoms with Crippen molar-refractivity contribution in [3.63, 3.8) is 0 Å². The molecule has 1 N–H and O–H groups in total. The number of aryl methyl sites for hydroxylation is 1. The fourth-order valence-electron chi connectivity index (χ4n) is 3.31. The topological polar surface area (TPSA) is 58.1 Å². The monoisotopic (exact) mass is 338 g/mol. The third kappa shape index (κ3) is 4.35. The van der Waals surface area contributed by atoms with E-state index in [2.05, 4.69) is 23.3 Å². The number of carbonyl (C=O) groups excluding carboxylic acids is 1. The zero-order chi connectivity index (χ0) is 17.6. The van der Waals surface area contributed by atoms with E-state index >= 15 is 0 Å². The van der Waals surface area contributed by atoms with E-state index in [0.717, 1.165) is 49.3 Å². The summed E-state index contributed by atoms with van der Waals surface area (Å²) < 4.78 is 0. The van der Waals surface area contributed by atoms with Crippen LogP contribution in [0.15, 0.2) is 36.5 Å². The van der Waals surface area contributed by atoms with Gasteiger partial charge in [-0.2, -0.15) is 0 Å². The van der Waals surface area contributed by atoms with Gasteiger partial charge >= 0.3 is 0 Å². The van der Waals surface area contributed by atoms with Crippen molar-refractivity contribution in [3.05, 3.63) is 47.8 Å². The molecule has 1 atom stereocenters. The van der Waals surface area contributed by atoms with Gasteiger partial charge in [-0.1, -0.05) is 25.1 Å². The van der Waals surface area contributed by atoms with Crippen LogP contribution in [0, 0.1) is 6.92 Å². The lowest BCUT2D eigenvalue weighted by Crippen LogP contribution is -2.39. The van der Waals surface area contributed by atoms with Gasteiger partial charge in [0.25, 0.3) is 0 Å². The Bertz CT molecular complexity index is 731. The molecule has 1 saturated heterocycles. The van der Waals surface area contributed by atoms with Crippen molar-refractivity contribution in [2.45, 2.75) is 45.4 Å².